The summed E-state index contributed by atoms with van der Waals surface area (Å²) in [5.74, 6) is -0.100. The third-order valence-corrected chi connectivity index (χ3v) is 6.53. The van der Waals surface area contributed by atoms with Crippen LogP contribution in [0.4, 0.5) is 5.69 Å². The van der Waals surface area contributed by atoms with Crippen molar-refractivity contribution in [2.24, 2.45) is 0 Å². The van der Waals surface area contributed by atoms with Crippen LogP contribution in [0.3, 0.4) is 0 Å². The third-order valence-electron chi connectivity index (χ3n) is 5.14. The maximum Gasteiger partial charge on any atom is 0.344 e. The minimum Gasteiger partial charge on any atom is -0.482 e. The first-order chi connectivity index (χ1) is 15.4. The van der Waals surface area contributed by atoms with Gasteiger partial charge in [-0.3, -0.25) is 4.72 Å². The number of hydrogen-bond acceptors (Lipinski definition) is 5. The molecule has 0 amide bonds. The van der Waals surface area contributed by atoms with Gasteiger partial charge in [0.2, 0.25) is 0 Å². The highest BCUT2D eigenvalue weighted by Crippen LogP contribution is 2.31. The lowest BCUT2D eigenvalue weighted by Crippen LogP contribution is -2.15. The fourth-order valence-corrected chi connectivity index (χ4v) is 4.78. The molecule has 0 unspecified atom stereocenters. The monoisotopic (exact) mass is 452 g/mol. The van der Waals surface area contributed by atoms with Gasteiger partial charge in [0.05, 0.1) is 11.5 Å². The lowest BCUT2D eigenvalue weighted by Gasteiger charge is -2.10. The molecule has 0 spiro atoms. The standard InChI is InChI=1S/C24H24N2O5S/c1-3-26-22-8-6-5-7-20(22)21-15-17(9-14-23(21)26)25-32(28,29)19-12-10-18(11-13-19)31-16-24(27)30-4-2/h5-15,25H,3-4,16H2,1-2H3. The molecule has 0 aliphatic carbocycles. The van der Waals surface area contributed by atoms with Gasteiger partial charge in [-0.2, -0.15) is 0 Å². The molecular formula is C24H24N2O5S. The highest BCUT2D eigenvalue weighted by molar-refractivity contribution is 7.92. The summed E-state index contributed by atoms with van der Waals surface area (Å²) >= 11 is 0. The first kappa shape index (κ1) is 21.7. The van der Waals surface area contributed by atoms with Crippen molar-refractivity contribution in [2.45, 2.75) is 25.3 Å². The van der Waals surface area contributed by atoms with Crippen LogP contribution in [0.15, 0.2) is 71.6 Å². The van der Waals surface area contributed by atoms with E-state index < -0.39 is 16.0 Å². The number of aromatic nitrogens is 1. The Morgan fingerprint density at radius 3 is 2.38 bits per heavy atom. The fraction of sp³-hybridized carbons (Fsp3) is 0.208. The van der Waals surface area contributed by atoms with Crippen molar-refractivity contribution >= 4 is 43.5 Å². The van der Waals surface area contributed by atoms with Gasteiger partial charge in [-0.15, -0.1) is 0 Å². The SMILES string of the molecule is CCOC(=O)COc1ccc(S(=O)(=O)Nc2ccc3c(c2)c2ccccc2n3CC)cc1. The van der Waals surface area contributed by atoms with Gasteiger partial charge in [-0.25, -0.2) is 13.2 Å². The number of anilines is 1. The minimum absolute atomic E-state index is 0.0945. The van der Waals surface area contributed by atoms with Crippen LogP contribution in [0, 0.1) is 0 Å². The van der Waals surface area contributed by atoms with Gasteiger partial charge < -0.3 is 14.0 Å². The van der Waals surface area contributed by atoms with E-state index in [1.807, 2.05) is 30.3 Å². The van der Waals surface area contributed by atoms with Crippen molar-refractivity contribution in [3.05, 3.63) is 66.7 Å². The second kappa shape index (κ2) is 8.92. The predicted molar refractivity (Wildman–Crippen MR) is 124 cm³/mol. The zero-order chi connectivity index (χ0) is 22.7. The second-order valence-corrected chi connectivity index (χ2v) is 8.85. The average molecular weight is 453 g/mol. The number of carbonyl (C=O) groups excluding carboxylic acids is 1. The van der Waals surface area contributed by atoms with E-state index in [2.05, 4.69) is 22.3 Å². The quantitative estimate of drug-likeness (QED) is 0.396. The van der Waals surface area contributed by atoms with Crippen LogP contribution in [-0.2, 0) is 26.1 Å². The number of fused-ring (bicyclic) bond motifs is 3. The summed E-state index contributed by atoms with van der Waals surface area (Å²) < 4.78 is 40.8. The van der Waals surface area contributed by atoms with Gasteiger partial charge in [0.25, 0.3) is 10.0 Å². The van der Waals surface area contributed by atoms with E-state index in [9.17, 15) is 13.2 Å². The molecule has 32 heavy (non-hydrogen) atoms. The van der Waals surface area contributed by atoms with E-state index in [0.29, 0.717) is 11.4 Å². The number of sulfonamides is 1. The van der Waals surface area contributed by atoms with Crippen LogP contribution in [0.2, 0.25) is 0 Å². The van der Waals surface area contributed by atoms with E-state index in [1.54, 1.807) is 13.0 Å². The normalized spacial score (nSPS) is 11.6. The van der Waals surface area contributed by atoms with Crippen molar-refractivity contribution < 1.29 is 22.7 Å². The Morgan fingerprint density at radius 1 is 0.938 bits per heavy atom. The van der Waals surface area contributed by atoms with Gasteiger partial charge in [0.15, 0.2) is 6.61 Å². The first-order valence-electron chi connectivity index (χ1n) is 10.3. The number of nitrogens with one attached hydrogen (secondary N) is 1. The number of benzene rings is 3. The molecule has 0 saturated carbocycles. The van der Waals surface area contributed by atoms with Crippen molar-refractivity contribution in [2.75, 3.05) is 17.9 Å². The molecule has 4 rings (SSSR count). The van der Waals surface area contributed by atoms with Crippen molar-refractivity contribution in [1.29, 1.82) is 0 Å². The van der Waals surface area contributed by atoms with Crippen molar-refractivity contribution in [1.82, 2.24) is 4.57 Å². The molecular weight excluding hydrogens is 428 g/mol. The number of para-hydroxylation sites is 1. The molecule has 1 heterocycles. The summed E-state index contributed by atoms with van der Waals surface area (Å²) in [5.41, 5.74) is 2.65. The summed E-state index contributed by atoms with van der Waals surface area (Å²) in [6.45, 7) is 4.66. The molecule has 0 saturated heterocycles. The molecule has 1 aromatic heterocycles. The predicted octanol–water partition coefficient (Wildman–Crippen LogP) is 4.56. The molecule has 8 heteroatoms. The molecule has 0 aliphatic heterocycles. The van der Waals surface area contributed by atoms with Crippen molar-refractivity contribution in [3.63, 3.8) is 0 Å². The van der Waals surface area contributed by atoms with E-state index in [-0.39, 0.29) is 18.1 Å². The number of ether oxygens (including phenoxy) is 2. The van der Waals surface area contributed by atoms with E-state index >= 15 is 0 Å². The van der Waals surface area contributed by atoms with Crippen LogP contribution >= 0.6 is 0 Å². The Labute approximate surface area is 186 Å². The zero-order valence-electron chi connectivity index (χ0n) is 17.9. The Morgan fingerprint density at radius 2 is 1.66 bits per heavy atom. The van der Waals surface area contributed by atoms with E-state index in [4.69, 9.17) is 9.47 Å². The lowest BCUT2D eigenvalue weighted by atomic mass is 10.1. The molecule has 0 aliphatic rings. The molecule has 0 fully saturated rings. The second-order valence-electron chi connectivity index (χ2n) is 7.16. The summed E-state index contributed by atoms with van der Waals surface area (Å²) in [4.78, 5) is 11.5. The molecule has 1 N–H and O–H groups in total. The van der Waals surface area contributed by atoms with Crippen LogP contribution in [0.25, 0.3) is 21.8 Å². The maximum atomic E-state index is 12.9. The number of rotatable bonds is 8. The fourth-order valence-electron chi connectivity index (χ4n) is 3.73. The Kier molecular flexibility index (Phi) is 6.05. The highest BCUT2D eigenvalue weighted by atomic mass is 32.2. The summed E-state index contributed by atoms with van der Waals surface area (Å²) in [6.07, 6.45) is 0. The Hall–Kier alpha value is -3.52. The Bertz CT molecular complexity index is 1380. The van der Waals surface area contributed by atoms with Gasteiger partial charge in [-0.1, -0.05) is 18.2 Å². The van der Waals surface area contributed by atoms with Crippen LogP contribution < -0.4 is 9.46 Å². The van der Waals surface area contributed by atoms with Crippen LogP contribution in [0.5, 0.6) is 5.75 Å². The van der Waals surface area contributed by atoms with Gasteiger partial charge in [-0.05, 0) is 62.4 Å². The number of hydrogen-bond donors (Lipinski definition) is 1. The minimum atomic E-state index is -3.79. The van der Waals surface area contributed by atoms with Gasteiger partial charge >= 0.3 is 5.97 Å². The Balaban J connectivity index is 1.57. The molecule has 3 aromatic carbocycles. The van der Waals surface area contributed by atoms with Crippen LogP contribution in [0.1, 0.15) is 13.8 Å². The smallest absolute Gasteiger partial charge is 0.344 e. The molecule has 166 valence electrons. The van der Waals surface area contributed by atoms with E-state index in [1.165, 1.54) is 24.3 Å². The van der Waals surface area contributed by atoms with Crippen molar-refractivity contribution in [3.8, 4) is 5.75 Å². The largest absolute Gasteiger partial charge is 0.482 e. The molecule has 4 aromatic rings. The summed E-state index contributed by atoms with van der Waals surface area (Å²) in [6, 6.07) is 19.5. The first-order valence-corrected chi connectivity index (χ1v) is 11.8. The highest BCUT2D eigenvalue weighted by Gasteiger charge is 2.16. The van der Waals surface area contributed by atoms with Gasteiger partial charge in [0.1, 0.15) is 5.75 Å². The van der Waals surface area contributed by atoms with Gasteiger partial charge in [0, 0.05) is 34.0 Å². The lowest BCUT2D eigenvalue weighted by molar-refractivity contribution is -0.145. The van der Waals surface area contributed by atoms with Crippen LogP contribution in [-0.4, -0.2) is 32.2 Å². The third kappa shape index (κ3) is 4.27. The number of aryl methyl sites for hydroxylation is 1. The molecule has 0 bridgehead atoms. The summed E-state index contributed by atoms with van der Waals surface area (Å²) in [7, 11) is -3.79. The number of nitrogens with zero attached hydrogens (tertiary/aromatic N) is 1. The zero-order valence-corrected chi connectivity index (χ0v) is 18.7. The maximum absolute atomic E-state index is 12.9. The average Bonchev–Trinajstić information content (AvgIpc) is 3.11. The number of esters is 1. The molecule has 0 radical (unpaired) electrons. The topological polar surface area (TPSA) is 86.6 Å². The molecule has 0 atom stereocenters. The summed E-state index contributed by atoms with van der Waals surface area (Å²) in [5, 5.41) is 2.07. The number of carbonyl (C=O) groups is 1. The molecule has 7 nitrogen and oxygen atoms in total. The van der Waals surface area contributed by atoms with E-state index in [0.717, 1.165) is 28.4 Å².